The van der Waals surface area contributed by atoms with Gasteiger partial charge in [0.05, 0.1) is 18.0 Å². The number of halogens is 1. The molecule has 1 amide bonds. The fourth-order valence-corrected chi connectivity index (χ4v) is 6.32. The Balaban J connectivity index is 1.74. The van der Waals surface area contributed by atoms with Crippen LogP contribution in [0.5, 0.6) is 11.5 Å². The highest BCUT2D eigenvalue weighted by molar-refractivity contribution is 7.21. The molecule has 1 saturated heterocycles. The van der Waals surface area contributed by atoms with Crippen molar-refractivity contribution in [3.63, 3.8) is 0 Å². The van der Waals surface area contributed by atoms with E-state index in [0.717, 1.165) is 24.2 Å². The molecule has 3 aromatic rings. The van der Waals surface area contributed by atoms with E-state index in [1.54, 1.807) is 6.92 Å². The second kappa shape index (κ2) is 8.40. The molecule has 1 aliphatic carbocycles. The molecular weight excluding hydrogens is 477 g/mol. The number of carboxylic acid groups (broad SMARTS) is 1. The van der Waals surface area contributed by atoms with E-state index in [4.69, 9.17) is 9.84 Å². The quantitative estimate of drug-likeness (QED) is 0.433. The SMILES string of the molecule is COc1c(N2CC[C@@H]([C@H](C)NC(=O)O)C2)c(F)cc2c(=O)c3c(O)c(C(C)=O)sc3n(C3CC3)c12. The van der Waals surface area contributed by atoms with Crippen molar-refractivity contribution in [1.82, 2.24) is 9.88 Å². The van der Waals surface area contributed by atoms with Gasteiger partial charge in [-0.15, -0.1) is 11.3 Å². The summed E-state index contributed by atoms with van der Waals surface area (Å²) in [6.07, 6.45) is 1.26. The summed E-state index contributed by atoms with van der Waals surface area (Å²) in [5, 5.41) is 22.3. The number of nitrogens with zero attached hydrogens (tertiary/aromatic N) is 2. The predicted molar refractivity (Wildman–Crippen MR) is 131 cm³/mol. The summed E-state index contributed by atoms with van der Waals surface area (Å²) in [5.41, 5.74) is 0.127. The van der Waals surface area contributed by atoms with Gasteiger partial charge in [-0.3, -0.25) is 9.59 Å². The largest absolute Gasteiger partial charge is 0.505 e. The van der Waals surface area contributed by atoms with Crippen LogP contribution in [0.3, 0.4) is 0 Å². The lowest BCUT2D eigenvalue weighted by molar-refractivity contribution is 0.101. The average molecular weight is 504 g/mol. The third kappa shape index (κ3) is 3.69. The molecule has 2 fully saturated rings. The zero-order valence-corrected chi connectivity index (χ0v) is 20.4. The fraction of sp³-hybridized carbons (Fsp3) is 0.458. The van der Waals surface area contributed by atoms with Crippen molar-refractivity contribution in [2.24, 2.45) is 5.92 Å². The molecule has 1 aliphatic heterocycles. The number of aromatic hydroxyl groups is 1. The first-order valence-electron chi connectivity index (χ1n) is 11.5. The number of ketones is 1. The van der Waals surface area contributed by atoms with Gasteiger partial charge in [-0.1, -0.05) is 0 Å². The number of aromatic nitrogens is 1. The molecule has 11 heteroatoms. The zero-order valence-electron chi connectivity index (χ0n) is 19.6. The van der Waals surface area contributed by atoms with Crippen LogP contribution in [-0.2, 0) is 0 Å². The molecule has 9 nitrogen and oxygen atoms in total. The molecule has 0 bridgehead atoms. The number of ether oxygens (including phenoxy) is 1. The topological polar surface area (TPSA) is 121 Å². The van der Waals surface area contributed by atoms with E-state index >= 15 is 4.39 Å². The molecule has 1 saturated carbocycles. The Hall–Kier alpha value is -3.34. The van der Waals surface area contributed by atoms with Gasteiger partial charge in [0.2, 0.25) is 5.43 Å². The summed E-state index contributed by atoms with van der Waals surface area (Å²) in [6, 6.07) is 0.914. The van der Waals surface area contributed by atoms with Crippen molar-refractivity contribution < 1.29 is 28.9 Å². The van der Waals surface area contributed by atoms with Crippen LogP contribution >= 0.6 is 11.3 Å². The monoisotopic (exact) mass is 503 g/mol. The Morgan fingerprint density at radius 3 is 2.63 bits per heavy atom. The Morgan fingerprint density at radius 2 is 2.03 bits per heavy atom. The molecule has 5 rings (SSSR count). The highest BCUT2D eigenvalue weighted by atomic mass is 32.1. The molecule has 3 heterocycles. The number of methoxy groups -OCH3 is 1. The van der Waals surface area contributed by atoms with Crippen LogP contribution in [0.1, 0.15) is 48.8 Å². The lowest BCUT2D eigenvalue weighted by Crippen LogP contribution is -2.38. The zero-order chi connectivity index (χ0) is 25.2. The number of pyridine rings is 1. The normalized spacial score (nSPS) is 18.9. The average Bonchev–Trinajstić information content (AvgIpc) is 3.39. The molecule has 0 radical (unpaired) electrons. The van der Waals surface area contributed by atoms with Gasteiger partial charge in [0, 0.05) is 32.1 Å². The van der Waals surface area contributed by atoms with Crippen molar-refractivity contribution in [2.75, 3.05) is 25.1 Å². The summed E-state index contributed by atoms with van der Waals surface area (Å²) in [7, 11) is 1.43. The maximum atomic E-state index is 15.6. The van der Waals surface area contributed by atoms with E-state index in [9.17, 15) is 19.5 Å². The second-order valence-corrected chi connectivity index (χ2v) is 10.3. The van der Waals surface area contributed by atoms with Crippen molar-refractivity contribution in [1.29, 1.82) is 0 Å². The Morgan fingerprint density at radius 1 is 1.31 bits per heavy atom. The van der Waals surface area contributed by atoms with Crippen molar-refractivity contribution in [3.05, 3.63) is 27.0 Å². The number of hydrogen-bond donors (Lipinski definition) is 3. The Labute approximate surface area is 203 Å². The number of benzene rings is 1. The van der Waals surface area contributed by atoms with Gasteiger partial charge in [0.1, 0.15) is 20.8 Å². The summed E-state index contributed by atoms with van der Waals surface area (Å²) in [4.78, 5) is 39.0. The van der Waals surface area contributed by atoms with Crippen molar-refractivity contribution in [2.45, 2.75) is 45.2 Å². The third-order valence-corrected chi connectivity index (χ3v) is 8.29. The van der Waals surface area contributed by atoms with E-state index in [1.807, 2.05) is 9.47 Å². The minimum Gasteiger partial charge on any atom is -0.505 e. The molecular formula is C24H26FN3O6S. The minimum absolute atomic E-state index is 0.0219. The number of rotatable bonds is 6. The first kappa shape index (κ1) is 23.4. The van der Waals surface area contributed by atoms with Crippen LogP contribution in [0.25, 0.3) is 21.1 Å². The number of nitrogens with one attached hydrogen (secondary N) is 1. The molecule has 2 aliphatic rings. The van der Waals surface area contributed by atoms with Crippen molar-refractivity contribution in [3.8, 4) is 11.5 Å². The van der Waals surface area contributed by atoms with E-state index in [0.29, 0.717) is 29.9 Å². The number of carbonyl (C=O) groups is 2. The molecule has 186 valence electrons. The summed E-state index contributed by atoms with van der Waals surface area (Å²) in [6.45, 7) is 4.04. The molecule has 3 N–H and O–H groups in total. The Kier molecular flexibility index (Phi) is 5.62. The van der Waals surface area contributed by atoms with Crippen LogP contribution in [0.15, 0.2) is 10.9 Å². The van der Waals surface area contributed by atoms with Gasteiger partial charge in [-0.25, -0.2) is 9.18 Å². The number of hydrogen-bond acceptors (Lipinski definition) is 7. The lowest BCUT2D eigenvalue weighted by Gasteiger charge is -2.26. The maximum Gasteiger partial charge on any atom is 0.404 e. The number of fused-ring (bicyclic) bond motifs is 2. The van der Waals surface area contributed by atoms with Crippen LogP contribution < -0.4 is 20.4 Å². The number of Topliss-reactive ketones (excluding diaryl/α,β-unsaturated/α-hetero) is 1. The number of anilines is 1. The molecule has 2 atom stereocenters. The van der Waals surface area contributed by atoms with Gasteiger partial charge in [0.15, 0.2) is 23.1 Å². The maximum absolute atomic E-state index is 15.6. The summed E-state index contributed by atoms with van der Waals surface area (Å²) in [5.74, 6) is -1.13. The smallest absolute Gasteiger partial charge is 0.404 e. The summed E-state index contributed by atoms with van der Waals surface area (Å²) < 4.78 is 23.3. The first-order chi connectivity index (χ1) is 16.6. The van der Waals surface area contributed by atoms with Crippen LogP contribution in [0, 0.1) is 11.7 Å². The Bertz CT molecular complexity index is 1440. The van der Waals surface area contributed by atoms with Crippen LogP contribution in [0.4, 0.5) is 14.9 Å². The second-order valence-electron chi connectivity index (χ2n) is 9.32. The van der Waals surface area contributed by atoms with E-state index in [-0.39, 0.29) is 56.6 Å². The van der Waals surface area contributed by atoms with Crippen LogP contribution in [0.2, 0.25) is 0 Å². The fourth-order valence-electron chi connectivity index (χ4n) is 5.16. The highest BCUT2D eigenvalue weighted by Crippen LogP contribution is 2.49. The first-order valence-corrected chi connectivity index (χ1v) is 12.3. The number of carbonyl (C=O) groups excluding carboxylic acids is 1. The number of amides is 1. The van der Waals surface area contributed by atoms with Crippen molar-refractivity contribution >= 4 is 50.0 Å². The van der Waals surface area contributed by atoms with Crippen LogP contribution in [-0.4, -0.2) is 52.9 Å². The molecule has 0 unspecified atom stereocenters. The van der Waals surface area contributed by atoms with E-state index in [1.165, 1.54) is 20.1 Å². The molecule has 0 spiro atoms. The predicted octanol–water partition coefficient (Wildman–Crippen LogP) is 4.09. The van der Waals surface area contributed by atoms with Gasteiger partial charge in [-0.2, -0.15) is 0 Å². The molecule has 35 heavy (non-hydrogen) atoms. The molecule has 1 aromatic carbocycles. The van der Waals surface area contributed by atoms with Gasteiger partial charge < -0.3 is 29.7 Å². The summed E-state index contributed by atoms with van der Waals surface area (Å²) >= 11 is 1.06. The molecule has 2 aromatic heterocycles. The van der Waals surface area contributed by atoms with Gasteiger partial charge in [-0.05, 0) is 38.2 Å². The van der Waals surface area contributed by atoms with E-state index < -0.39 is 17.3 Å². The number of thiophene rings is 1. The highest BCUT2D eigenvalue weighted by Gasteiger charge is 2.36. The standard InChI is InChI=1S/C24H26FN3O6S/c1-10(26-24(32)33)12-6-7-27(9-12)18-15(25)8-14-17(21(18)34-3)28(13-4-5-13)23-16(19(14)30)20(31)22(35-23)11(2)29/h8,10,12-13,26,31H,4-7,9H2,1-3H3,(H,32,33)/t10-,12+/m0/s1. The lowest BCUT2D eigenvalue weighted by atomic mass is 10.0. The van der Waals surface area contributed by atoms with Gasteiger partial charge >= 0.3 is 6.09 Å². The van der Waals surface area contributed by atoms with Gasteiger partial charge in [0.25, 0.3) is 0 Å². The van der Waals surface area contributed by atoms with E-state index in [2.05, 4.69) is 5.32 Å². The minimum atomic E-state index is -1.10. The third-order valence-electron chi connectivity index (χ3n) is 7.01.